The third-order valence-electron chi connectivity index (χ3n) is 3.57. The van der Waals surface area contributed by atoms with Crippen LogP contribution >= 0.6 is 11.6 Å². The number of halogens is 1. The van der Waals surface area contributed by atoms with Crippen LogP contribution in [0.4, 0.5) is 0 Å². The first-order chi connectivity index (χ1) is 11.0. The van der Waals surface area contributed by atoms with Crippen LogP contribution in [0, 0.1) is 5.92 Å². The molecule has 1 fully saturated rings. The van der Waals surface area contributed by atoms with E-state index < -0.39 is 0 Å². The number of methoxy groups -OCH3 is 1. The summed E-state index contributed by atoms with van der Waals surface area (Å²) in [6.07, 6.45) is 2.12. The molecule has 23 heavy (non-hydrogen) atoms. The summed E-state index contributed by atoms with van der Waals surface area (Å²) in [5, 5.41) is 3.24. The maximum atomic E-state index is 12.3. The van der Waals surface area contributed by atoms with Gasteiger partial charge in [0.15, 0.2) is 11.5 Å². The third-order valence-corrected chi connectivity index (χ3v) is 3.85. The van der Waals surface area contributed by atoms with Crippen molar-refractivity contribution in [3.8, 4) is 11.5 Å². The van der Waals surface area contributed by atoms with E-state index in [1.807, 2.05) is 13.8 Å². The summed E-state index contributed by atoms with van der Waals surface area (Å²) in [6, 6.07) is 3.25. The highest BCUT2D eigenvalue weighted by atomic mass is 35.5. The zero-order valence-corrected chi connectivity index (χ0v) is 14.6. The predicted octanol–water partition coefficient (Wildman–Crippen LogP) is 3.29. The Labute approximate surface area is 142 Å². The van der Waals surface area contributed by atoms with E-state index in [2.05, 4.69) is 5.32 Å². The Morgan fingerprint density at radius 1 is 1.48 bits per heavy atom. The molecule has 128 valence electrons. The summed E-state index contributed by atoms with van der Waals surface area (Å²) in [7, 11) is 1.53. The second-order valence-electron chi connectivity index (χ2n) is 6.04. The van der Waals surface area contributed by atoms with Gasteiger partial charge in [-0.2, -0.15) is 0 Å². The van der Waals surface area contributed by atoms with Crippen LogP contribution in [-0.2, 0) is 4.74 Å². The molecule has 1 atom stereocenters. The maximum absolute atomic E-state index is 12.3. The van der Waals surface area contributed by atoms with Gasteiger partial charge < -0.3 is 19.5 Å². The molecule has 1 N–H and O–H groups in total. The van der Waals surface area contributed by atoms with E-state index in [0.29, 0.717) is 41.2 Å². The molecule has 1 aromatic carbocycles. The number of amides is 1. The lowest BCUT2D eigenvalue weighted by Gasteiger charge is -2.16. The van der Waals surface area contributed by atoms with E-state index in [4.69, 9.17) is 25.8 Å². The summed E-state index contributed by atoms with van der Waals surface area (Å²) in [4.78, 5) is 12.3. The van der Waals surface area contributed by atoms with E-state index in [1.165, 1.54) is 7.11 Å². The molecule has 1 saturated heterocycles. The first kappa shape index (κ1) is 17.9. The van der Waals surface area contributed by atoms with Crippen molar-refractivity contribution in [1.29, 1.82) is 0 Å². The molecule has 2 rings (SSSR count). The van der Waals surface area contributed by atoms with Crippen LogP contribution in [0.25, 0.3) is 0 Å². The highest BCUT2D eigenvalue weighted by Crippen LogP contribution is 2.36. The molecule has 0 aliphatic carbocycles. The average Bonchev–Trinajstić information content (AvgIpc) is 3.03. The van der Waals surface area contributed by atoms with E-state index >= 15 is 0 Å². The molecular weight excluding hydrogens is 318 g/mol. The van der Waals surface area contributed by atoms with Crippen molar-refractivity contribution >= 4 is 17.5 Å². The SMILES string of the molecule is COc1cc(C(=O)NC[C@H]2CCCO2)cc(Cl)c1OCC(C)C. The first-order valence-electron chi connectivity index (χ1n) is 7.91. The molecule has 1 heterocycles. The van der Waals surface area contributed by atoms with Crippen molar-refractivity contribution in [2.45, 2.75) is 32.8 Å². The highest BCUT2D eigenvalue weighted by molar-refractivity contribution is 6.32. The van der Waals surface area contributed by atoms with Crippen LogP contribution in [0.1, 0.15) is 37.0 Å². The van der Waals surface area contributed by atoms with Gasteiger partial charge in [0, 0.05) is 18.7 Å². The quantitative estimate of drug-likeness (QED) is 0.826. The molecule has 5 nitrogen and oxygen atoms in total. The largest absolute Gasteiger partial charge is 0.493 e. The summed E-state index contributed by atoms with van der Waals surface area (Å²) in [5.41, 5.74) is 0.446. The van der Waals surface area contributed by atoms with Gasteiger partial charge in [0.1, 0.15) is 0 Å². The molecule has 6 heteroatoms. The van der Waals surface area contributed by atoms with Gasteiger partial charge in [0.05, 0.1) is 24.8 Å². The van der Waals surface area contributed by atoms with E-state index in [-0.39, 0.29) is 12.0 Å². The number of rotatable bonds is 7. The molecule has 0 unspecified atom stereocenters. The third kappa shape index (κ3) is 5.01. The molecule has 1 aliphatic rings. The lowest BCUT2D eigenvalue weighted by Crippen LogP contribution is -2.31. The maximum Gasteiger partial charge on any atom is 0.251 e. The van der Waals surface area contributed by atoms with Gasteiger partial charge in [-0.25, -0.2) is 0 Å². The zero-order valence-electron chi connectivity index (χ0n) is 13.9. The van der Waals surface area contributed by atoms with Crippen molar-refractivity contribution in [3.05, 3.63) is 22.7 Å². The molecular formula is C17H24ClNO4. The second-order valence-corrected chi connectivity index (χ2v) is 6.45. The number of carbonyl (C=O) groups is 1. The molecule has 0 radical (unpaired) electrons. The summed E-state index contributed by atoms with van der Waals surface area (Å²) < 4.78 is 16.5. The highest BCUT2D eigenvalue weighted by Gasteiger charge is 2.19. The molecule has 1 aromatic rings. The van der Waals surface area contributed by atoms with E-state index in [9.17, 15) is 4.79 Å². The lowest BCUT2D eigenvalue weighted by molar-refractivity contribution is 0.0857. The zero-order chi connectivity index (χ0) is 16.8. The van der Waals surface area contributed by atoms with Gasteiger partial charge in [-0.3, -0.25) is 4.79 Å². The number of nitrogens with one attached hydrogen (secondary N) is 1. The molecule has 1 aliphatic heterocycles. The van der Waals surface area contributed by atoms with Crippen molar-refractivity contribution < 1.29 is 19.0 Å². The van der Waals surface area contributed by atoms with E-state index in [0.717, 1.165) is 19.4 Å². The lowest BCUT2D eigenvalue weighted by atomic mass is 10.1. The minimum absolute atomic E-state index is 0.102. The van der Waals surface area contributed by atoms with Gasteiger partial charge in [-0.15, -0.1) is 0 Å². The van der Waals surface area contributed by atoms with Crippen LogP contribution in [0.15, 0.2) is 12.1 Å². The minimum Gasteiger partial charge on any atom is -0.493 e. The van der Waals surface area contributed by atoms with Crippen molar-refractivity contribution in [2.75, 3.05) is 26.9 Å². The standard InChI is InChI=1S/C17H24ClNO4/c1-11(2)10-23-16-14(18)7-12(8-15(16)21-3)17(20)19-9-13-5-4-6-22-13/h7-8,11,13H,4-6,9-10H2,1-3H3,(H,19,20)/t13-/m1/s1. The van der Waals surface area contributed by atoms with Crippen molar-refractivity contribution in [1.82, 2.24) is 5.32 Å². The van der Waals surface area contributed by atoms with Crippen LogP contribution in [0.2, 0.25) is 5.02 Å². The van der Waals surface area contributed by atoms with Crippen molar-refractivity contribution in [3.63, 3.8) is 0 Å². The summed E-state index contributed by atoms with van der Waals surface area (Å²) in [6.45, 7) is 5.90. The smallest absolute Gasteiger partial charge is 0.251 e. The molecule has 0 saturated carbocycles. The first-order valence-corrected chi connectivity index (χ1v) is 8.29. The Bertz CT molecular complexity index is 542. The topological polar surface area (TPSA) is 56.8 Å². The van der Waals surface area contributed by atoms with Crippen LogP contribution in [0.5, 0.6) is 11.5 Å². The molecule has 0 bridgehead atoms. The van der Waals surface area contributed by atoms with Crippen LogP contribution < -0.4 is 14.8 Å². The monoisotopic (exact) mass is 341 g/mol. The Morgan fingerprint density at radius 2 is 2.26 bits per heavy atom. The minimum atomic E-state index is -0.198. The van der Waals surface area contributed by atoms with Crippen molar-refractivity contribution in [2.24, 2.45) is 5.92 Å². The average molecular weight is 342 g/mol. The molecule has 0 aromatic heterocycles. The molecule has 1 amide bonds. The number of benzene rings is 1. The number of hydrogen-bond donors (Lipinski definition) is 1. The Hall–Kier alpha value is -1.46. The van der Waals surface area contributed by atoms with Crippen LogP contribution in [-0.4, -0.2) is 38.9 Å². The predicted molar refractivity (Wildman–Crippen MR) is 89.6 cm³/mol. The number of hydrogen-bond acceptors (Lipinski definition) is 4. The van der Waals surface area contributed by atoms with Gasteiger partial charge in [0.2, 0.25) is 0 Å². The Morgan fingerprint density at radius 3 is 2.87 bits per heavy atom. The Balaban J connectivity index is 2.06. The number of carbonyl (C=O) groups excluding carboxylic acids is 1. The normalized spacial score (nSPS) is 17.3. The number of ether oxygens (including phenoxy) is 3. The van der Waals surface area contributed by atoms with Gasteiger partial charge in [-0.05, 0) is 30.9 Å². The Kier molecular flexibility index (Phi) is 6.54. The second kappa shape index (κ2) is 8.41. The van der Waals surface area contributed by atoms with Gasteiger partial charge in [-0.1, -0.05) is 25.4 Å². The molecule has 0 spiro atoms. The summed E-state index contributed by atoms with van der Waals surface area (Å²) >= 11 is 6.26. The summed E-state index contributed by atoms with van der Waals surface area (Å²) in [5.74, 6) is 1.10. The van der Waals surface area contributed by atoms with E-state index in [1.54, 1.807) is 12.1 Å². The van der Waals surface area contributed by atoms with Gasteiger partial charge >= 0.3 is 0 Å². The van der Waals surface area contributed by atoms with Crippen LogP contribution in [0.3, 0.4) is 0 Å². The fourth-order valence-electron chi connectivity index (χ4n) is 2.35. The fraction of sp³-hybridized carbons (Fsp3) is 0.588. The fourth-order valence-corrected chi connectivity index (χ4v) is 2.62. The van der Waals surface area contributed by atoms with Gasteiger partial charge in [0.25, 0.3) is 5.91 Å².